The number of hydrogen-bond donors (Lipinski definition) is 3. The van der Waals surface area contributed by atoms with Crippen molar-refractivity contribution in [3.8, 4) is 11.1 Å². The lowest BCUT2D eigenvalue weighted by Crippen LogP contribution is -2.50. The Hall–Kier alpha value is -3.35. The van der Waals surface area contributed by atoms with E-state index in [2.05, 4.69) is 34.9 Å². The quantitative estimate of drug-likeness (QED) is 0.428. The second-order valence-corrected chi connectivity index (χ2v) is 10.0. The normalized spacial score (nSPS) is 14.2. The molecule has 0 spiro atoms. The summed E-state index contributed by atoms with van der Waals surface area (Å²) >= 11 is 0. The van der Waals surface area contributed by atoms with Crippen LogP contribution < -0.4 is 10.6 Å². The standard InChI is InChI=1S/C28H36N2O5/c1-17(2)13-19(14-25(31)32)15-29-27(33)26(18(3)4)30-28(34)35-16-24-22-11-7-5-9-20(22)21-10-6-8-12-23(21)24/h5-12,17-19,24,26H,13-16H2,1-4H3,(H,29,33)(H,30,34)(H,31,32)/t19?,26-/m1/s1. The molecule has 7 nitrogen and oxygen atoms in total. The van der Waals surface area contributed by atoms with Crippen molar-refractivity contribution in [3.63, 3.8) is 0 Å². The van der Waals surface area contributed by atoms with Crippen molar-refractivity contribution in [1.29, 1.82) is 0 Å². The minimum Gasteiger partial charge on any atom is -0.481 e. The zero-order chi connectivity index (χ0) is 25.5. The van der Waals surface area contributed by atoms with E-state index in [0.29, 0.717) is 12.3 Å². The first-order valence-electron chi connectivity index (χ1n) is 12.3. The number of alkyl carbamates (subject to hydrolysis) is 1. The van der Waals surface area contributed by atoms with Crippen LogP contribution in [0.4, 0.5) is 4.79 Å². The summed E-state index contributed by atoms with van der Waals surface area (Å²) in [5.74, 6) is -1.31. The third kappa shape index (κ3) is 6.84. The molecule has 0 heterocycles. The van der Waals surface area contributed by atoms with E-state index in [4.69, 9.17) is 9.84 Å². The molecule has 2 aromatic rings. The van der Waals surface area contributed by atoms with Crippen molar-refractivity contribution >= 4 is 18.0 Å². The summed E-state index contributed by atoms with van der Waals surface area (Å²) < 4.78 is 5.59. The molecule has 35 heavy (non-hydrogen) atoms. The Morgan fingerprint density at radius 3 is 2.03 bits per heavy atom. The molecule has 0 fully saturated rings. The van der Waals surface area contributed by atoms with Gasteiger partial charge in [0.1, 0.15) is 12.6 Å². The summed E-state index contributed by atoms with van der Waals surface area (Å²) in [5.41, 5.74) is 4.53. The maximum Gasteiger partial charge on any atom is 0.407 e. The second kappa shape index (κ2) is 11.9. The van der Waals surface area contributed by atoms with Gasteiger partial charge in [0.25, 0.3) is 0 Å². The number of fused-ring (bicyclic) bond motifs is 3. The van der Waals surface area contributed by atoms with Crippen molar-refractivity contribution in [2.24, 2.45) is 17.8 Å². The van der Waals surface area contributed by atoms with E-state index in [1.54, 1.807) is 0 Å². The molecule has 0 saturated carbocycles. The third-order valence-corrected chi connectivity index (χ3v) is 6.40. The molecule has 1 aliphatic rings. The van der Waals surface area contributed by atoms with Crippen LogP contribution in [0.25, 0.3) is 11.1 Å². The molecule has 0 bridgehead atoms. The Morgan fingerprint density at radius 1 is 0.943 bits per heavy atom. The van der Waals surface area contributed by atoms with Gasteiger partial charge in [-0.15, -0.1) is 0 Å². The van der Waals surface area contributed by atoms with Gasteiger partial charge in [-0.2, -0.15) is 0 Å². The zero-order valence-electron chi connectivity index (χ0n) is 20.9. The van der Waals surface area contributed by atoms with Gasteiger partial charge in [0.2, 0.25) is 5.91 Å². The molecule has 7 heteroatoms. The molecule has 2 aromatic carbocycles. The van der Waals surface area contributed by atoms with Crippen LogP contribution in [0.2, 0.25) is 0 Å². The first-order chi connectivity index (χ1) is 16.7. The number of carbonyl (C=O) groups excluding carboxylic acids is 2. The zero-order valence-corrected chi connectivity index (χ0v) is 20.9. The number of aliphatic carboxylic acids is 1. The number of carboxylic acid groups (broad SMARTS) is 1. The van der Waals surface area contributed by atoms with E-state index in [1.807, 2.05) is 52.0 Å². The SMILES string of the molecule is CC(C)CC(CNC(=O)[C@H](NC(=O)OCC1c2ccccc2-c2ccccc21)C(C)C)CC(=O)O. The van der Waals surface area contributed by atoms with Crippen molar-refractivity contribution in [1.82, 2.24) is 10.6 Å². The van der Waals surface area contributed by atoms with E-state index in [0.717, 1.165) is 22.3 Å². The fourth-order valence-electron chi connectivity index (χ4n) is 4.81. The largest absolute Gasteiger partial charge is 0.481 e. The van der Waals surface area contributed by atoms with Crippen LogP contribution in [0.15, 0.2) is 48.5 Å². The van der Waals surface area contributed by atoms with Gasteiger partial charge in [-0.1, -0.05) is 76.2 Å². The van der Waals surface area contributed by atoms with Crippen LogP contribution in [0, 0.1) is 17.8 Å². The second-order valence-electron chi connectivity index (χ2n) is 10.0. The summed E-state index contributed by atoms with van der Waals surface area (Å²) in [6.07, 6.45) is 0.0357. The molecule has 0 saturated heterocycles. The van der Waals surface area contributed by atoms with Crippen LogP contribution in [-0.4, -0.2) is 42.3 Å². The predicted molar refractivity (Wildman–Crippen MR) is 135 cm³/mol. The molecule has 3 rings (SSSR count). The Labute approximate surface area is 207 Å². The average molecular weight is 481 g/mol. The summed E-state index contributed by atoms with van der Waals surface area (Å²) in [6.45, 7) is 8.15. The highest BCUT2D eigenvalue weighted by molar-refractivity contribution is 5.86. The molecule has 2 atom stereocenters. The van der Waals surface area contributed by atoms with Gasteiger partial charge >= 0.3 is 12.1 Å². The summed E-state index contributed by atoms with van der Waals surface area (Å²) in [6, 6.07) is 15.4. The summed E-state index contributed by atoms with van der Waals surface area (Å²) in [5, 5.41) is 14.7. The molecule has 0 aromatic heterocycles. The minimum absolute atomic E-state index is 0.00931. The lowest BCUT2D eigenvalue weighted by Gasteiger charge is -2.24. The minimum atomic E-state index is -0.887. The monoisotopic (exact) mass is 480 g/mol. The van der Waals surface area contributed by atoms with Crippen molar-refractivity contribution in [2.75, 3.05) is 13.2 Å². The van der Waals surface area contributed by atoms with Gasteiger partial charge in [0.15, 0.2) is 0 Å². The third-order valence-electron chi connectivity index (χ3n) is 6.40. The van der Waals surface area contributed by atoms with Crippen LogP contribution in [0.3, 0.4) is 0 Å². The molecule has 0 radical (unpaired) electrons. The van der Waals surface area contributed by atoms with Gasteiger partial charge in [-0.3, -0.25) is 9.59 Å². The van der Waals surface area contributed by atoms with Gasteiger partial charge < -0.3 is 20.5 Å². The topological polar surface area (TPSA) is 105 Å². The highest BCUT2D eigenvalue weighted by Crippen LogP contribution is 2.44. The van der Waals surface area contributed by atoms with E-state index in [1.165, 1.54) is 0 Å². The lowest BCUT2D eigenvalue weighted by molar-refractivity contribution is -0.138. The Bertz CT molecular complexity index is 1000. The maximum absolute atomic E-state index is 12.9. The molecule has 2 amide bonds. The first kappa shape index (κ1) is 26.3. The van der Waals surface area contributed by atoms with Crippen LogP contribution in [0.5, 0.6) is 0 Å². The van der Waals surface area contributed by atoms with Gasteiger partial charge in [-0.05, 0) is 46.4 Å². The van der Waals surface area contributed by atoms with Crippen molar-refractivity contribution in [2.45, 2.75) is 52.5 Å². The number of nitrogens with one attached hydrogen (secondary N) is 2. The number of carbonyl (C=O) groups is 3. The first-order valence-corrected chi connectivity index (χ1v) is 12.3. The fraction of sp³-hybridized carbons (Fsp3) is 0.464. The number of benzene rings is 2. The van der Waals surface area contributed by atoms with Crippen LogP contribution >= 0.6 is 0 Å². The molecule has 188 valence electrons. The van der Waals surface area contributed by atoms with Crippen molar-refractivity contribution in [3.05, 3.63) is 59.7 Å². The van der Waals surface area contributed by atoms with Gasteiger partial charge in [-0.25, -0.2) is 4.79 Å². The van der Waals surface area contributed by atoms with Crippen molar-refractivity contribution < 1.29 is 24.2 Å². The number of carboxylic acids is 1. The molecule has 3 N–H and O–H groups in total. The highest BCUT2D eigenvalue weighted by Gasteiger charge is 2.30. The van der Waals surface area contributed by atoms with Gasteiger partial charge in [0.05, 0.1) is 0 Å². The molecular weight excluding hydrogens is 444 g/mol. The smallest absolute Gasteiger partial charge is 0.407 e. The predicted octanol–water partition coefficient (Wildman–Crippen LogP) is 4.80. The average Bonchev–Trinajstić information content (AvgIpc) is 3.12. The van der Waals surface area contributed by atoms with E-state index < -0.39 is 18.1 Å². The lowest BCUT2D eigenvalue weighted by atomic mass is 9.94. The van der Waals surface area contributed by atoms with Crippen LogP contribution in [0.1, 0.15) is 57.6 Å². The fourth-order valence-corrected chi connectivity index (χ4v) is 4.81. The molecular formula is C28H36N2O5. The van der Waals surface area contributed by atoms with E-state index in [9.17, 15) is 14.4 Å². The number of amides is 2. The van der Waals surface area contributed by atoms with E-state index >= 15 is 0 Å². The molecule has 1 unspecified atom stereocenters. The Kier molecular flexibility index (Phi) is 8.90. The number of hydrogen-bond acceptors (Lipinski definition) is 4. The highest BCUT2D eigenvalue weighted by atomic mass is 16.5. The molecule has 1 aliphatic carbocycles. The van der Waals surface area contributed by atoms with Gasteiger partial charge in [0, 0.05) is 18.9 Å². The summed E-state index contributed by atoms with van der Waals surface area (Å²) in [7, 11) is 0. The Balaban J connectivity index is 1.59. The summed E-state index contributed by atoms with van der Waals surface area (Å²) in [4.78, 5) is 36.7. The van der Waals surface area contributed by atoms with Crippen LogP contribution in [-0.2, 0) is 14.3 Å². The van der Waals surface area contributed by atoms with E-state index in [-0.39, 0.29) is 43.2 Å². The maximum atomic E-state index is 12.9. The number of rotatable bonds is 11. The Morgan fingerprint density at radius 2 is 1.51 bits per heavy atom. The molecule has 0 aliphatic heterocycles. The number of ether oxygens (including phenoxy) is 1.